The average Bonchev–Trinajstić information content (AvgIpc) is 2.69. The highest BCUT2D eigenvalue weighted by Gasteiger charge is 2.13. The molecule has 0 aliphatic carbocycles. The molecule has 0 fully saturated rings. The number of aryl methyl sites for hydroxylation is 1. The maximum absolute atomic E-state index is 13.0. The van der Waals surface area contributed by atoms with Gasteiger partial charge in [0, 0.05) is 12.6 Å². The lowest BCUT2D eigenvalue weighted by Crippen LogP contribution is -2.16. The highest BCUT2D eigenvalue weighted by molar-refractivity contribution is 6.04. The van der Waals surface area contributed by atoms with Crippen LogP contribution in [0.15, 0.2) is 54.6 Å². The van der Waals surface area contributed by atoms with Gasteiger partial charge < -0.3 is 15.4 Å². The lowest BCUT2D eigenvalue weighted by Gasteiger charge is -2.11. The molecule has 0 spiro atoms. The van der Waals surface area contributed by atoms with Crippen molar-refractivity contribution in [3.63, 3.8) is 0 Å². The molecule has 1 heterocycles. The third-order valence-corrected chi connectivity index (χ3v) is 4.06. The van der Waals surface area contributed by atoms with E-state index in [1.165, 1.54) is 12.1 Å². The number of carbonyl (C=O) groups excluding carboxylic acids is 1. The van der Waals surface area contributed by atoms with E-state index in [4.69, 9.17) is 4.74 Å². The molecule has 1 amide bonds. The molecular weight excluding hydrogens is 359 g/mol. The van der Waals surface area contributed by atoms with Gasteiger partial charge in [-0.1, -0.05) is 24.3 Å². The standard InChI is InChI=1S/C21H21FN4O2/c1-14-24-18(21(27)26-17-5-3-4-6-19(17)28-2)13-20(25-14)23-12-11-15-7-9-16(22)10-8-15/h3-10,13H,11-12H2,1-2H3,(H,26,27)(H,23,24,25). The molecule has 0 unspecified atom stereocenters. The van der Waals surface area contributed by atoms with Crippen LogP contribution >= 0.6 is 0 Å². The first-order valence-corrected chi connectivity index (χ1v) is 8.83. The number of hydrogen-bond donors (Lipinski definition) is 2. The van der Waals surface area contributed by atoms with Crippen LogP contribution in [-0.4, -0.2) is 29.5 Å². The third-order valence-electron chi connectivity index (χ3n) is 4.06. The van der Waals surface area contributed by atoms with E-state index in [0.717, 1.165) is 5.56 Å². The van der Waals surface area contributed by atoms with Gasteiger partial charge in [0.2, 0.25) is 0 Å². The lowest BCUT2D eigenvalue weighted by atomic mass is 10.1. The van der Waals surface area contributed by atoms with Gasteiger partial charge in [0.25, 0.3) is 5.91 Å². The van der Waals surface area contributed by atoms with Crippen molar-refractivity contribution in [2.24, 2.45) is 0 Å². The summed E-state index contributed by atoms with van der Waals surface area (Å²) in [5, 5.41) is 5.98. The van der Waals surface area contributed by atoms with Crippen molar-refractivity contribution in [2.75, 3.05) is 24.3 Å². The quantitative estimate of drug-likeness (QED) is 0.651. The zero-order valence-corrected chi connectivity index (χ0v) is 15.7. The molecule has 2 aromatic carbocycles. The van der Waals surface area contributed by atoms with E-state index in [1.807, 2.05) is 12.1 Å². The second-order valence-electron chi connectivity index (χ2n) is 6.14. The maximum atomic E-state index is 13.0. The number of halogens is 1. The van der Waals surface area contributed by atoms with Crippen LogP contribution < -0.4 is 15.4 Å². The Morgan fingerprint density at radius 1 is 1.11 bits per heavy atom. The van der Waals surface area contributed by atoms with E-state index >= 15 is 0 Å². The van der Waals surface area contributed by atoms with Crippen LogP contribution in [0, 0.1) is 12.7 Å². The van der Waals surface area contributed by atoms with E-state index in [9.17, 15) is 9.18 Å². The molecule has 28 heavy (non-hydrogen) atoms. The molecule has 7 heteroatoms. The predicted octanol–water partition coefficient (Wildman–Crippen LogP) is 3.84. The largest absolute Gasteiger partial charge is 0.495 e. The SMILES string of the molecule is COc1ccccc1NC(=O)c1cc(NCCc2ccc(F)cc2)nc(C)n1. The number of amides is 1. The van der Waals surface area contributed by atoms with Crippen LogP contribution in [0.3, 0.4) is 0 Å². The Balaban J connectivity index is 1.66. The Hall–Kier alpha value is -3.48. The number of carbonyl (C=O) groups is 1. The van der Waals surface area contributed by atoms with Gasteiger partial charge in [0.05, 0.1) is 12.8 Å². The van der Waals surface area contributed by atoms with Crippen molar-refractivity contribution in [1.29, 1.82) is 0 Å². The van der Waals surface area contributed by atoms with Crippen LogP contribution in [-0.2, 0) is 6.42 Å². The minimum Gasteiger partial charge on any atom is -0.495 e. The smallest absolute Gasteiger partial charge is 0.274 e. The number of aromatic nitrogens is 2. The Kier molecular flexibility index (Phi) is 6.16. The molecule has 0 radical (unpaired) electrons. The minimum atomic E-state index is -0.350. The molecule has 0 aliphatic heterocycles. The van der Waals surface area contributed by atoms with E-state index in [0.29, 0.717) is 36.0 Å². The number of methoxy groups -OCH3 is 1. The van der Waals surface area contributed by atoms with Gasteiger partial charge in [-0.25, -0.2) is 14.4 Å². The molecule has 2 N–H and O–H groups in total. The molecule has 0 saturated carbocycles. The number of rotatable bonds is 7. The van der Waals surface area contributed by atoms with Crippen LogP contribution in [0.2, 0.25) is 0 Å². The molecule has 0 bridgehead atoms. The first-order valence-electron chi connectivity index (χ1n) is 8.83. The highest BCUT2D eigenvalue weighted by Crippen LogP contribution is 2.23. The van der Waals surface area contributed by atoms with Gasteiger partial charge >= 0.3 is 0 Å². The maximum Gasteiger partial charge on any atom is 0.274 e. The summed E-state index contributed by atoms with van der Waals surface area (Å²) in [7, 11) is 1.54. The summed E-state index contributed by atoms with van der Waals surface area (Å²) in [6, 6.07) is 15.1. The van der Waals surface area contributed by atoms with E-state index in [2.05, 4.69) is 20.6 Å². The molecule has 144 valence electrons. The molecule has 0 saturated heterocycles. The van der Waals surface area contributed by atoms with E-state index in [-0.39, 0.29) is 17.4 Å². The number of anilines is 2. The van der Waals surface area contributed by atoms with Crippen molar-refractivity contribution < 1.29 is 13.9 Å². The third kappa shape index (κ3) is 5.03. The van der Waals surface area contributed by atoms with Crippen LogP contribution in [0.5, 0.6) is 5.75 Å². The molecule has 6 nitrogen and oxygen atoms in total. The number of para-hydroxylation sites is 2. The molecule has 0 aliphatic rings. The predicted molar refractivity (Wildman–Crippen MR) is 106 cm³/mol. The van der Waals surface area contributed by atoms with Crippen LogP contribution in [0.1, 0.15) is 21.9 Å². The van der Waals surface area contributed by atoms with Gasteiger partial charge in [-0.15, -0.1) is 0 Å². The normalized spacial score (nSPS) is 10.4. The van der Waals surface area contributed by atoms with Crippen molar-refractivity contribution in [3.05, 3.63) is 77.5 Å². The minimum absolute atomic E-state index is 0.252. The van der Waals surface area contributed by atoms with E-state index in [1.54, 1.807) is 44.4 Å². The Bertz CT molecular complexity index is 961. The summed E-state index contributed by atoms with van der Waals surface area (Å²) >= 11 is 0. The fraction of sp³-hybridized carbons (Fsp3) is 0.190. The fourth-order valence-corrected chi connectivity index (χ4v) is 2.69. The fourth-order valence-electron chi connectivity index (χ4n) is 2.69. The summed E-state index contributed by atoms with van der Waals surface area (Å²) < 4.78 is 18.2. The van der Waals surface area contributed by atoms with Gasteiger partial charge in [-0.2, -0.15) is 0 Å². The average molecular weight is 380 g/mol. The Labute approximate surface area is 162 Å². The van der Waals surface area contributed by atoms with Gasteiger partial charge in [-0.3, -0.25) is 4.79 Å². The summed E-state index contributed by atoms with van der Waals surface area (Å²) in [5.41, 5.74) is 1.83. The summed E-state index contributed by atoms with van der Waals surface area (Å²) in [6.45, 7) is 2.32. The van der Waals surface area contributed by atoms with Crippen LogP contribution in [0.25, 0.3) is 0 Å². The molecule has 1 aromatic heterocycles. The van der Waals surface area contributed by atoms with Crippen molar-refractivity contribution >= 4 is 17.4 Å². The van der Waals surface area contributed by atoms with Crippen molar-refractivity contribution in [1.82, 2.24) is 9.97 Å². The lowest BCUT2D eigenvalue weighted by molar-refractivity contribution is 0.102. The monoisotopic (exact) mass is 380 g/mol. The zero-order valence-electron chi connectivity index (χ0n) is 15.7. The van der Waals surface area contributed by atoms with Gasteiger partial charge in [0.1, 0.15) is 28.9 Å². The second-order valence-corrected chi connectivity index (χ2v) is 6.14. The van der Waals surface area contributed by atoms with Crippen molar-refractivity contribution in [3.8, 4) is 5.75 Å². The molecule has 0 atom stereocenters. The number of nitrogens with zero attached hydrogens (tertiary/aromatic N) is 2. The summed E-state index contributed by atoms with van der Waals surface area (Å²) in [6.07, 6.45) is 0.700. The second kappa shape index (κ2) is 8.94. The first kappa shape index (κ1) is 19.3. The van der Waals surface area contributed by atoms with Gasteiger partial charge in [0.15, 0.2) is 0 Å². The van der Waals surface area contributed by atoms with E-state index < -0.39 is 0 Å². The Morgan fingerprint density at radius 3 is 2.61 bits per heavy atom. The number of hydrogen-bond acceptors (Lipinski definition) is 5. The van der Waals surface area contributed by atoms with Crippen molar-refractivity contribution in [2.45, 2.75) is 13.3 Å². The molecule has 3 rings (SSSR count). The topological polar surface area (TPSA) is 76.1 Å². The summed E-state index contributed by atoms with van der Waals surface area (Å²) in [5.74, 6) is 1.00. The number of nitrogens with one attached hydrogen (secondary N) is 2. The zero-order chi connectivity index (χ0) is 19.9. The molecule has 3 aromatic rings. The summed E-state index contributed by atoms with van der Waals surface area (Å²) in [4.78, 5) is 21.1. The first-order chi connectivity index (χ1) is 13.5. The number of benzene rings is 2. The molecular formula is C21H21FN4O2. The van der Waals surface area contributed by atoms with Gasteiger partial charge in [-0.05, 0) is 43.2 Å². The highest BCUT2D eigenvalue weighted by atomic mass is 19.1. The van der Waals surface area contributed by atoms with Crippen LogP contribution in [0.4, 0.5) is 15.9 Å². The Morgan fingerprint density at radius 2 is 1.86 bits per heavy atom. The number of ether oxygens (including phenoxy) is 1.